The van der Waals surface area contributed by atoms with Gasteiger partial charge in [-0.25, -0.2) is 4.98 Å². The van der Waals surface area contributed by atoms with E-state index in [9.17, 15) is 0 Å². The number of aromatic nitrogens is 2. The van der Waals surface area contributed by atoms with Gasteiger partial charge in [-0.3, -0.25) is 0 Å². The van der Waals surface area contributed by atoms with Crippen molar-refractivity contribution >= 4 is 11.8 Å². The van der Waals surface area contributed by atoms with E-state index < -0.39 is 0 Å². The van der Waals surface area contributed by atoms with Gasteiger partial charge < -0.3 is 16.0 Å². The highest BCUT2D eigenvalue weighted by Gasteiger charge is 2.25. The summed E-state index contributed by atoms with van der Waals surface area (Å²) in [5.74, 6) is 1.38. The average molecular weight is 267 g/mol. The second-order valence-corrected chi connectivity index (χ2v) is 5.38. The smallest absolute Gasteiger partial charge is 0.222 e. The van der Waals surface area contributed by atoms with Crippen molar-refractivity contribution in [3.05, 3.63) is 46.6 Å². The van der Waals surface area contributed by atoms with E-state index >= 15 is 0 Å². The second-order valence-electron chi connectivity index (χ2n) is 5.38. The third-order valence-electron chi connectivity index (χ3n) is 4.07. The van der Waals surface area contributed by atoms with E-state index in [1.165, 1.54) is 16.7 Å². The minimum absolute atomic E-state index is 0.386. The van der Waals surface area contributed by atoms with Gasteiger partial charge in [-0.15, -0.1) is 0 Å². The van der Waals surface area contributed by atoms with Crippen LogP contribution in [0.25, 0.3) is 0 Å². The van der Waals surface area contributed by atoms with Crippen LogP contribution in [0.5, 0.6) is 0 Å². The van der Waals surface area contributed by atoms with E-state index in [4.69, 9.17) is 5.73 Å². The van der Waals surface area contributed by atoms with Crippen molar-refractivity contribution < 1.29 is 0 Å². The lowest BCUT2D eigenvalue weighted by Gasteiger charge is -2.25. The second kappa shape index (κ2) is 4.45. The summed E-state index contributed by atoms with van der Waals surface area (Å²) < 4.78 is 0. The Hall–Kier alpha value is -2.14. The zero-order valence-electron chi connectivity index (χ0n) is 11.3. The highest BCUT2D eigenvalue weighted by atomic mass is 15.2. The molecule has 3 N–H and O–H groups in total. The van der Waals surface area contributed by atoms with Crippen molar-refractivity contribution in [1.29, 1.82) is 0 Å². The third kappa shape index (κ3) is 1.82. The molecule has 5 nitrogen and oxygen atoms in total. The molecule has 4 rings (SSSR count). The number of nitrogens with zero attached hydrogens (tertiary/aromatic N) is 3. The molecule has 0 amide bonds. The molecular weight excluding hydrogens is 250 g/mol. The number of hydrogen-bond donors (Lipinski definition) is 2. The van der Waals surface area contributed by atoms with Crippen molar-refractivity contribution in [1.82, 2.24) is 15.3 Å². The SMILES string of the molecule is Nc1nc2c(c(N3Cc4ccccc4C3)n1)CNCC2. The molecule has 0 saturated carbocycles. The maximum Gasteiger partial charge on any atom is 0.222 e. The topological polar surface area (TPSA) is 67.1 Å². The molecule has 0 radical (unpaired) electrons. The van der Waals surface area contributed by atoms with E-state index in [0.717, 1.165) is 44.1 Å². The van der Waals surface area contributed by atoms with Gasteiger partial charge in [-0.1, -0.05) is 24.3 Å². The standard InChI is InChI=1S/C15H17N5/c16-15-18-13-5-6-17-7-12(13)14(19-15)20-8-10-3-1-2-4-11(10)9-20/h1-4,17H,5-9H2,(H2,16,18,19). The quantitative estimate of drug-likeness (QED) is 0.813. The van der Waals surface area contributed by atoms with Crippen molar-refractivity contribution in [2.45, 2.75) is 26.1 Å². The van der Waals surface area contributed by atoms with E-state index in [1.807, 2.05) is 0 Å². The van der Waals surface area contributed by atoms with Crippen LogP contribution >= 0.6 is 0 Å². The highest BCUT2D eigenvalue weighted by molar-refractivity contribution is 5.56. The Morgan fingerprint density at radius 1 is 1.10 bits per heavy atom. The van der Waals surface area contributed by atoms with Gasteiger partial charge in [0.05, 0.1) is 5.69 Å². The molecule has 2 aliphatic rings. The van der Waals surface area contributed by atoms with Gasteiger partial charge in [-0.05, 0) is 11.1 Å². The summed E-state index contributed by atoms with van der Waals surface area (Å²) in [4.78, 5) is 11.2. The Morgan fingerprint density at radius 2 is 1.85 bits per heavy atom. The zero-order chi connectivity index (χ0) is 13.5. The van der Waals surface area contributed by atoms with Crippen LogP contribution in [0.4, 0.5) is 11.8 Å². The lowest BCUT2D eigenvalue weighted by Crippen LogP contribution is -2.29. The zero-order valence-corrected chi connectivity index (χ0v) is 11.3. The summed E-state index contributed by atoms with van der Waals surface area (Å²) in [6, 6.07) is 8.55. The van der Waals surface area contributed by atoms with Crippen LogP contribution in [0.1, 0.15) is 22.4 Å². The molecule has 5 heteroatoms. The molecule has 2 aliphatic heterocycles. The van der Waals surface area contributed by atoms with Gasteiger partial charge in [0.25, 0.3) is 0 Å². The fraction of sp³-hybridized carbons (Fsp3) is 0.333. The van der Waals surface area contributed by atoms with Crippen LogP contribution < -0.4 is 16.0 Å². The molecule has 0 saturated heterocycles. The van der Waals surface area contributed by atoms with Gasteiger partial charge in [-0.2, -0.15) is 4.98 Å². The van der Waals surface area contributed by atoms with Gasteiger partial charge in [0.2, 0.25) is 5.95 Å². The minimum atomic E-state index is 0.386. The summed E-state index contributed by atoms with van der Waals surface area (Å²) in [6.07, 6.45) is 0.926. The predicted octanol–water partition coefficient (Wildman–Crippen LogP) is 1.22. The molecule has 0 unspecified atom stereocenters. The molecule has 0 spiro atoms. The molecule has 3 heterocycles. The first-order valence-electron chi connectivity index (χ1n) is 6.99. The van der Waals surface area contributed by atoms with Crippen LogP contribution in [0, 0.1) is 0 Å². The molecule has 1 aromatic carbocycles. The van der Waals surface area contributed by atoms with Crippen molar-refractivity contribution in [3.63, 3.8) is 0 Å². The van der Waals surface area contributed by atoms with Crippen LogP contribution in [0.15, 0.2) is 24.3 Å². The molecule has 20 heavy (non-hydrogen) atoms. The van der Waals surface area contributed by atoms with Crippen molar-refractivity contribution in [2.24, 2.45) is 0 Å². The number of fused-ring (bicyclic) bond motifs is 2. The number of rotatable bonds is 1. The van der Waals surface area contributed by atoms with Gasteiger partial charge >= 0.3 is 0 Å². The van der Waals surface area contributed by atoms with E-state index in [-0.39, 0.29) is 0 Å². The molecule has 2 aromatic rings. The van der Waals surface area contributed by atoms with Crippen LogP contribution in [-0.4, -0.2) is 16.5 Å². The van der Waals surface area contributed by atoms with Crippen molar-refractivity contribution in [3.8, 4) is 0 Å². The number of anilines is 2. The Morgan fingerprint density at radius 3 is 2.60 bits per heavy atom. The number of nitrogens with one attached hydrogen (secondary N) is 1. The van der Waals surface area contributed by atoms with Gasteiger partial charge in [0.15, 0.2) is 0 Å². The Bertz CT molecular complexity index is 642. The summed E-state index contributed by atoms with van der Waals surface area (Å²) in [5.41, 5.74) is 10.9. The molecule has 0 atom stereocenters. The number of benzene rings is 1. The van der Waals surface area contributed by atoms with E-state index in [1.54, 1.807) is 0 Å². The molecule has 102 valence electrons. The largest absolute Gasteiger partial charge is 0.368 e. The Kier molecular flexibility index (Phi) is 2.60. The first kappa shape index (κ1) is 11.7. The summed E-state index contributed by atoms with van der Waals surface area (Å²) >= 11 is 0. The first-order chi connectivity index (χ1) is 9.81. The van der Waals surface area contributed by atoms with Crippen LogP contribution in [0.3, 0.4) is 0 Å². The minimum Gasteiger partial charge on any atom is -0.368 e. The summed E-state index contributed by atoms with van der Waals surface area (Å²) in [6.45, 7) is 3.60. The van der Waals surface area contributed by atoms with Crippen LogP contribution in [-0.2, 0) is 26.1 Å². The number of hydrogen-bond acceptors (Lipinski definition) is 5. The van der Waals surface area contributed by atoms with Crippen molar-refractivity contribution in [2.75, 3.05) is 17.2 Å². The molecule has 1 aromatic heterocycles. The van der Waals surface area contributed by atoms with E-state index in [2.05, 4.69) is 44.5 Å². The molecule has 0 fully saturated rings. The van der Waals surface area contributed by atoms with Gasteiger partial charge in [0, 0.05) is 38.2 Å². The maximum absolute atomic E-state index is 5.89. The fourth-order valence-electron chi connectivity index (χ4n) is 3.09. The normalized spacial score (nSPS) is 16.9. The predicted molar refractivity (Wildman–Crippen MR) is 78.2 cm³/mol. The lowest BCUT2D eigenvalue weighted by atomic mass is 10.1. The van der Waals surface area contributed by atoms with Gasteiger partial charge in [0.1, 0.15) is 5.82 Å². The monoisotopic (exact) mass is 267 g/mol. The average Bonchev–Trinajstić information content (AvgIpc) is 2.90. The Labute approximate surface area is 117 Å². The molecular formula is C15H17N5. The maximum atomic E-state index is 5.89. The van der Waals surface area contributed by atoms with Crippen LogP contribution in [0.2, 0.25) is 0 Å². The fourth-order valence-corrected chi connectivity index (χ4v) is 3.09. The number of nitrogen functional groups attached to an aromatic ring is 1. The molecule has 0 bridgehead atoms. The molecule has 0 aliphatic carbocycles. The first-order valence-corrected chi connectivity index (χ1v) is 6.99. The lowest BCUT2D eigenvalue weighted by molar-refractivity contribution is 0.622. The summed E-state index contributed by atoms with van der Waals surface area (Å²) in [7, 11) is 0. The summed E-state index contributed by atoms with van der Waals surface area (Å²) in [5, 5.41) is 3.40. The Balaban J connectivity index is 1.75. The highest BCUT2D eigenvalue weighted by Crippen LogP contribution is 2.31. The third-order valence-corrected chi connectivity index (χ3v) is 4.07. The van der Waals surface area contributed by atoms with E-state index in [0.29, 0.717) is 5.95 Å². The number of nitrogens with two attached hydrogens (primary N) is 1.